The van der Waals surface area contributed by atoms with Crippen LogP contribution in [0.2, 0.25) is 5.02 Å². The molecule has 2 aromatic rings. The number of hydrogen-bond acceptors (Lipinski definition) is 4. The Hall–Kier alpha value is -3.19. The summed E-state index contributed by atoms with van der Waals surface area (Å²) in [5.41, 5.74) is 2.42. The first-order chi connectivity index (χ1) is 16.0. The van der Waals surface area contributed by atoms with Gasteiger partial charge in [-0.2, -0.15) is 0 Å². The molecule has 1 aliphatic heterocycles. The first-order valence-electron chi connectivity index (χ1n) is 10.7. The van der Waals surface area contributed by atoms with Gasteiger partial charge in [-0.15, -0.1) is 0 Å². The first kappa shape index (κ1) is 21.6. The van der Waals surface area contributed by atoms with Crippen molar-refractivity contribution >= 4 is 35.4 Å². The number of halogens is 4. The molecule has 2 unspecified atom stereocenters. The number of fused-ring (bicyclic) bond motifs is 1. The largest absolute Gasteiger partial charge is 0.340 e. The van der Waals surface area contributed by atoms with Crippen LogP contribution in [0, 0.1) is 11.7 Å². The van der Waals surface area contributed by atoms with Crippen LogP contribution in [0.4, 0.5) is 24.7 Å². The average Bonchev–Trinajstić information content (AvgIpc) is 2.83. The summed E-state index contributed by atoms with van der Waals surface area (Å²) >= 11 is 5.94. The molecule has 1 N–H and O–H groups in total. The Morgan fingerprint density at radius 1 is 1.06 bits per heavy atom. The highest BCUT2D eigenvalue weighted by atomic mass is 35.5. The number of hydrogen-bond donors (Lipinski definition) is 1. The lowest BCUT2D eigenvalue weighted by Crippen LogP contribution is -2.18. The summed E-state index contributed by atoms with van der Waals surface area (Å²) in [6, 6.07) is 4.34. The molecule has 0 amide bonds. The molecule has 2 aliphatic carbocycles. The molecule has 0 saturated carbocycles. The predicted octanol–water partition coefficient (Wildman–Crippen LogP) is 7.14. The number of nitrogens with one attached hydrogen (secondary N) is 1. The SMILES string of the molecule is FC1=CC(C2C=Cc3c(nc(C4C=NC=CC4)nc3Nc3ccc(F)c(Cl)c3)C2)=C(F)CC1. The molecule has 0 radical (unpaired) electrons. The highest BCUT2D eigenvalue weighted by Gasteiger charge is 2.27. The lowest BCUT2D eigenvalue weighted by Gasteiger charge is -2.25. The molecule has 0 spiro atoms. The fraction of sp³-hybridized carbons (Fsp3) is 0.240. The van der Waals surface area contributed by atoms with Crippen LogP contribution in [0.3, 0.4) is 0 Å². The zero-order valence-electron chi connectivity index (χ0n) is 17.5. The number of nitrogens with zero attached hydrogens (tertiary/aromatic N) is 3. The van der Waals surface area contributed by atoms with Gasteiger partial charge in [0.05, 0.1) is 16.6 Å². The van der Waals surface area contributed by atoms with Crippen molar-refractivity contribution in [2.24, 2.45) is 10.9 Å². The van der Waals surface area contributed by atoms with Gasteiger partial charge in [-0.1, -0.05) is 29.8 Å². The van der Waals surface area contributed by atoms with Crippen LogP contribution < -0.4 is 5.32 Å². The summed E-state index contributed by atoms with van der Waals surface area (Å²) in [4.78, 5) is 13.7. The van der Waals surface area contributed by atoms with Gasteiger partial charge in [0.15, 0.2) is 0 Å². The Bertz CT molecular complexity index is 1260. The second-order valence-corrected chi connectivity index (χ2v) is 8.60. The van der Waals surface area contributed by atoms with E-state index in [1.165, 1.54) is 18.2 Å². The second-order valence-electron chi connectivity index (χ2n) is 8.19. The van der Waals surface area contributed by atoms with Gasteiger partial charge < -0.3 is 5.32 Å². The van der Waals surface area contributed by atoms with E-state index in [4.69, 9.17) is 21.6 Å². The molecule has 33 heavy (non-hydrogen) atoms. The minimum atomic E-state index is -0.511. The number of aliphatic imine (C=N–C) groups is 1. The van der Waals surface area contributed by atoms with Crippen molar-refractivity contribution in [2.75, 3.05) is 5.32 Å². The maximum atomic E-state index is 14.5. The maximum Gasteiger partial charge on any atom is 0.141 e. The summed E-state index contributed by atoms with van der Waals surface area (Å²) < 4.78 is 42.0. The van der Waals surface area contributed by atoms with E-state index >= 15 is 0 Å². The Morgan fingerprint density at radius 3 is 2.73 bits per heavy atom. The van der Waals surface area contributed by atoms with Crippen molar-refractivity contribution < 1.29 is 13.2 Å². The lowest BCUT2D eigenvalue weighted by atomic mass is 9.84. The number of benzene rings is 1. The van der Waals surface area contributed by atoms with Crippen LogP contribution in [-0.2, 0) is 6.42 Å². The van der Waals surface area contributed by atoms with Gasteiger partial charge in [0.1, 0.15) is 29.1 Å². The third-order valence-electron chi connectivity index (χ3n) is 5.92. The molecule has 5 rings (SSSR count). The fourth-order valence-electron chi connectivity index (χ4n) is 4.20. The van der Waals surface area contributed by atoms with Crippen molar-refractivity contribution in [2.45, 2.75) is 31.6 Å². The van der Waals surface area contributed by atoms with Crippen LogP contribution in [0.15, 0.2) is 64.8 Å². The minimum Gasteiger partial charge on any atom is -0.340 e. The molecule has 2 atom stereocenters. The van der Waals surface area contributed by atoms with Crippen molar-refractivity contribution in [1.29, 1.82) is 0 Å². The molecular formula is C25H20ClF3N4. The predicted molar refractivity (Wildman–Crippen MR) is 125 cm³/mol. The van der Waals surface area contributed by atoms with Crippen LogP contribution in [0.25, 0.3) is 6.08 Å². The van der Waals surface area contributed by atoms with Crippen LogP contribution in [-0.4, -0.2) is 16.2 Å². The Morgan fingerprint density at radius 2 is 1.94 bits per heavy atom. The molecular weight excluding hydrogens is 449 g/mol. The number of allylic oxidation sites excluding steroid dienone is 6. The summed E-state index contributed by atoms with van der Waals surface area (Å²) in [5, 5.41) is 3.21. The van der Waals surface area contributed by atoms with Crippen molar-refractivity contribution in [3.8, 4) is 0 Å². The Kier molecular flexibility index (Phi) is 5.89. The van der Waals surface area contributed by atoms with Gasteiger partial charge in [0, 0.05) is 48.8 Å². The molecule has 4 nitrogen and oxygen atoms in total. The van der Waals surface area contributed by atoms with Gasteiger partial charge in [0.25, 0.3) is 0 Å². The van der Waals surface area contributed by atoms with E-state index in [0.29, 0.717) is 35.7 Å². The van der Waals surface area contributed by atoms with E-state index in [1.54, 1.807) is 18.5 Å². The van der Waals surface area contributed by atoms with E-state index < -0.39 is 5.82 Å². The van der Waals surface area contributed by atoms with Crippen LogP contribution in [0.5, 0.6) is 0 Å². The van der Waals surface area contributed by atoms with Crippen molar-refractivity contribution in [3.05, 3.63) is 87.8 Å². The van der Waals surface area contributed by atoms with Crippen molar-refractivity contribution in [3.63, 3.8) is 0 Å². The topological polar surface area (TPSA) is 50.2 Å². The van der Waals surface area contributed by atoms with E-state index in [9.17, 15) is 13.2 Å². The van der Waals surface area contributed by atoms with Gasteiger partial charge in [-0.25, -0.2) is 23.1 Å². The Labute approximate surface area is 194 Å². The summed E-state index contributed by atoms with van der Waals surface area (Å²) in [5.74, 6) is -0.420. The molecule has 0 bridgehead atoms. The minimum absolute atomic E-state index is 0.00294. The molecule has 3 aliphatic rings. The molecule has 1 aromatic carbocycles. The van der Waals surface area contributed by atoms with Crippen LogP contribution in [0.1, 0.15) is 42.3 Å². The first-order valence-corrected chi connectivity index (χ1v) is 11.1. The molecule has 0 saturated heterocycles. The molecule has 168 valence electrons. The Balaban J connectivity index is 1.54. The zero-order chi connectivity index (χ0) is 22.9. The highest BCUT2D eigenvalue weighted by Crippen LogP contribution is 2.38. The zero-order valence-corrected chi connectivity index (χ0v) is 18.3. The molecule has 2 heterocycles. The number of aromatic nitrogens is 2. The van der Waals surface area contributed by atoms with Gasteiger partial charge in [0.2, 0.25) is 0 Å². The third kappa shape index (κ3) is 4.50. The quantitative estimate of drug-likeness (QED) is 0.518. The smallest absolute Gasteiger partial charge is 0.141 e. The van der Waals surface area contributed by atoms with E-state index in [1.807, 2.05) is 18.2 Å². The third-order valence-corrected chi connectivity index (χ3v) is 6.21. The van der Waals surface area contributed by atoms with Crippen molar-refractivity contribution in [1.82, 2.24) is 9.97 Å². The maximum absolute atomic E-state index is 14.5. The number of anilines is 2. The van der Waals surface area contributed by atoms with E-state index in [-0.39, 0.29) is 41.4 Å². The standard InChI is InChI=1S/C25H20ClF3N4/c26-20-12-17(5-8-22(20)29)31-25-18-6-3-14(19-11-16(27)4-7-21(19)28)10-23(18)32-24(33-25)15-2-1-9-30-13-15/h1,3,5-6,8-9,11-15H,2,4,7,10H2,(H,31,32,33). The fourth-order valence-corrected chi connectivity index (χ4v) is 4.38. The summed E-state index contributed by atoms with van der Waals surface area (Å²) in [6.07, 6.45) is 11.7. The van der Waals surface area contributed by atoms with Gasteiger partial charge in [-0.3, -0.25) is 4.99 Å². The second kappa shape index (κ2) is 8.98. The molecule has 1 aromatic heterocycles. The average molecular weight is 469 g/mol. The molecule has 8 heteroatoms. The van der Waals surface area contributed by atoms with E-state index in [2.05, 4.69) is 10.3 Å². The van der Waals surface area contributed by atoms with Crippen LogP contribution >= 0.6 is 11.6 Å². The van der Waals surface area contributed by atoms with Gasteiger partial charge in [-0.05, 0) is 36.3 Å². The molecule has 0 fully saturated rings. The highest BCUT2D eigenvalue weighted by molar-refractivity contribution is 6.31. The summed E-state index contributed by atoms with van der Waals surface area (Å²) in [6.45, 7) is 0. The number of rotatable bonds is 4. The lowest BCUT2D eigenvalue weighted by molar-refractivity contribution is 0.502. The van der Waals surface area contributed by atoms with Gasteiger partial charge >= 0.3 is 0 Å². The van der Waals surface area contributed by atoms with E-state index in [0.717, 1.165) is 11.3 Å². The normalized spacial score (nSPS) is 21.8. The monoisotopic (exact) mass is 468 g/mol. The summed E-state index contributed by atoms with van der Waals surface area (Å²) in [7, 11) is 0.